The Kier molecular flexibility index (Phi) is 3.57. The molecule has 2 aliphatic rings. The fourth-order valence-corrected chi connectivity index (χ4v) is 2.78. The highest BCUT2D eigenvalue weighted by Gasteiger charge is 2.27. The highest BCUT2D eigenvalue weighted by Crippen LogP contribution is 2.39. The van der Waals surface area contributed by atoms with Crippen molar-refractivity contribution in [3.63, 3.8) is 0 Å². The maximum atomic E-state index is 12.2. The minimum Gasteiger partial charge on any atom is -0.352 e. The second kappa shape index (κ2) is 5.86. The number of amides is 2. The van der Waals surface area contributed by atoms with E-state index in [1.807, 2.05) is 0 Å². The van der Waals surface area contributed by atoms with Gasteiger partial charge >= 0.3 is 6.03 Å². The summed E-state index contributed by atoms with van der Waals surface area (Å²) in [5.41, 5.74) is 1.24. The number of hydrogen-bond acceptors (Lipinski definition) is 5. The minimum absolute atomic E-state index is 0.121. The number of aromatic nitrogens is 4. The molecule has 1 aliphatic carbocycles. The number of nitrogens with one attached hydrogen (secondary N) is 2. The molecule has 0 aromatic carbocycles. The van der Waals surface area contributed by atoms with Crippen molar-refractivity contribution in [2.75, 3.05) is 36.4 Å². The molecule has 0 atom stereocenters. The fourth-order valence-electron chi connectivity index (χ4n) is 2.78. The molecule has 2 aromatic rings. The lowest BCUT2D eigenvalue weighted by Gasteiger charge is -2.34. The average molecular weight is 313 g/mol. The van der Waals surface area contributed by atoms with Crippen LogP contribution in [-0.2, 0) is 0 Å². The average Bonchev–Trinajstić information content (AvgIpc) is 3.33. The normalized spacial score (nSPS) is 18.1. The van der Waals surface area contributed by atoms with Gasteiger partial charge in [0, 0.05) is 50.1 Å². The number of hydrogen-bond donors (Lipinski definition) is 2. The Bertz CT molecular complexity index is 674. The number of H-pyrrole nitrogens is 1. The Morgan fingerprint density at radius 1 is 1.26 bits per heavy atom. The van der Waals surface area contributed by atoms with Crippen molar-refractivity contribution in [2.45, 2.75) is 18.8 Å². The molecule has 0 unspecified atom stereocenters. The summed E-state index contributed by atoms with van der Waals surface area (Å²) in [4.78, 5) is 24.1. The zero-order chi connectivity index (χ0) is 15.6. The SMILES string of the molecule is O=C(Nc1ccncn1)N1CCN(c2cc(C3CC3)[nH]n2)CC1. The smallest absolute Gasteiger partial charge is 0.323 e. The topological polar surface area (TPSA) is 90.0 Å². The molecule has 2 N–H and O–H groups in total. The lowest BCUT2D eigenvalue weighted by atomic mass is 10.2. The van der Waals surface area contributed by atoms with Crippen LogP contribution < -0.4 is 10.2 Å². The van der Waals surface area contributed by atoms with E-state index in [0.717, 1.165) is 18.9 Å². The highest BCUT2D eigenvalue weighted by atomic mass is 16.2. The van der Waals surface area contributed by atoms with E-state index >= 15 is 0 Å². The van der Waals surface area contributed by atoms with E-state index in [1.54, 1.807) is 17.2 Å². The number of urea groups is 1. The molecule has 8 heteroatoms. The fraction of sp³-hybridized carbons (Fsp3) is 0.467. The molecule has 2 fully saturated rings. The van der Waals surface area contributed by atoms with Crippen molar-refractivity contribution in [3.8, 4) is 0 Å². The summed E-state index contributed by atoms with van der Waals surface area (Å²) >= 11 is 0. The molecule has 1 saturated carbocycles. The predicted octanol–water partition coefficient (Wildman–Crippen LogP) is 1.43. The number of nitrogens with zero attached hydrogens (tertiary/aromatic N) is 5. The Morgan fingerprint density at radius 2 is 2.09 bits per heavy atom. The van der Waals surface area contributed by atoms with Gasteiger partial charge in [0.25, 0.3) is 0 Å². The molecule has 2 amide bonds. The van der Waals surface area contributed by atoms with Crippen molar-refractivity contribution < 1.29 is 4.79 Å². The third-order valence-corrected chi connectivity index (χ3v) is 4.31. The summed E-state index contributed by atoms with van der Waals surface area (Å²) in [6.07, 6.45) is 5.55. The van der Waals surface area contributed by atoms with Crippen LogP contribution in [0.1, 0.15) is 24.5 Å². The van der Waals surface area contributed by atoms with Crippen LogP contribution in [0, 0.1) is 0 Å². The molecule has 1 aliphatic heterocycles. The van der Waals surface area contributed by atoms with Gasteiger partial charge in [-0.05, 0) is 18.9 Å². The quantitative estimate of drug-likeness (QED) is 0.894. The summed E-state index contributed by atoms with van der Waals surface area (Å²) in [5, 5.41) is 10.3. The maximum Gasteiger partial charge on any atom is 0.323 e. The number of aromatic amines is 1. The summed E-state index contributed by atoms with van der Waals surface area (Å²) in [6.45, 7) is 2.91. The second-order valence-corrected chi connectivity index (χ2v) is 5.95. The lowest BCUT2D eigenvalue weighted by molar-refractivity contribution is 0.208. The van der Waals surface area contributed by atoms with E-state index in [4.69, 9.17) is 0 Å². The number of anilines is 2. The van der Waals surface area contributed by atoms with Crippen molar-refractivity contribution in [1.82, 2.24) is 25.1 Å². The summed E-state index contributed by atoms with van der Waals surface area (Å²) in [5.74, 6) is 2.19. The van der Waals surface area contributed by atoms with Crippen molar-refractivity contribution in [3.05, 3.63) is 30.4 Å². The van der Waals surface area contributed by atoms with Gasteiger partial charge in [0.15, 0.2) is 5.82 Å². The molecule has 4 rings (SSSR count). The van der Waals surface area contributed by atoms with E-state index in [2.05, 4.69) is 36.4 Å². The summed E-state index contributed by atoms with van der Waals surface area (Å²) < 4.78 is 0. The van der Waals surface area contributed by atoms with Gasteiger partial charge in [-0.25, -0.2) is 14.8 Å². The van der Waals surface area contributed by atoms with Crippen LogP contribution in [0.4, 0.5) is 16.4 Å². The Balaban J connectivity index is 1.32. The first-order valence-corrected chi connectivity index (χ1v) is 7.92. The van der Waals surface area contributed by atoms with Gasteiger partial charge in [-0.3, -0.25) is 10.4 Å². The first-order chi connectivity index (χ1) is 11.3. The summed E-state index contributed by atoms with van der Waals surface area (Å²) in [6, 6.07) is 3.70. The maximum absolute atomic E-state index is 12.2. The molecule has 0 radical (unpaired) electrons. The summed E-state index contributed by atoms with van der Waals surface area (Å²) in [7, 11) is 0. The van der Waals surface area contributed by atoms with Gasteiger partial charge in [-0.1, -0.05) is 0 Å². The molecule has 2 aromatic heterocycles. The largest absolute Gasteiger partial charge is 0.352 e. The van der Waals surface area contributed by atoms with Crippen LogP contribution in [0.25, 0.3) is 0 Å². The first kappa shape index (κ1) is 14.0. The number of rotatable bonds is 3. The van der Waals surface area contributed by atoms with Crippen LogP contribution in [0.5, 0.6) is 0 Å². The predicted molar refractivity (Wildman–Crippen MR) is 85.4 cm³/mol. The van der Waals surface area contributed by atoms with Crippen molar-refractivity contribution >= 4 is 17.7 Å². The molecule has 3 heterocycles. The van der Waals surface area contributed by atoms with Crippen LogP contribution in [0.2, 0.25) is 0 Å². The molecule has 8 nitrogen and oxygen atoms in total. The van der Waals surface area contributed by atoms with E-state index in [-0.39, 0.29) is 6.03 Å². The van der Waals surface area contributed by atoms with Crippen LogP contribution in [-0.4, -0.2) is 57.3 Å². The molecule has 120 valence electrons. The second-order valence-electron chi connectivity index (χ2n) is 5.95. The van der Waals surface area contributed by atoms with Crippen LogP contribution in [0.3, 0.4) is 0 Å². The van der Waals surface area contributed by atoms with Gasteiger partial charge in [0.2, 0.25) is 0 Å². The minimum atomic E-state index is -0.121. The molecule has 1 saturated heterocycles. The van der Waals surface area contributed by atoms with Crippen LogP contribution >= 0.6 is 0 Å². The zero-order valence-corrected chi connectivity index (χ0v) is 12.8. The van der Waals surface area contributed by atoms with E-state index in [0.29, 0.717) is 24.8 Å². The van der Waals surface area contributed by atoms with E-state index < -0.39 is 0 Å². The zero-order valence-electron chi connectivity index (χ0n) is 12.8. The van der Waals surface area contributed by atoms with Crippen LogP contribution in [0.15, 0.2) is 24.7 Å². The molecular weight excluding hydrogens is 294 g/mol. The van der Waals surface area contributed by atoms with Gasteiger partial charge in [-0.15, -0.1) is 0 Å². The Hall–Kier alpha value is -2.64. The number of carbonyl (C=O) groups excluding carboxylic acids is 1. The van der Waals surface area contributed by atoms with Gasteiger partial charge in [0.1, 0.15) is 12.1 Å². The first-order valence-electron chi connectivity index (χ1n) is 7.92. The molecule has 23 heavy (non-hydrogen) atoms. The van der Waals surface area contributed by atoms with E-state index in [1.165, 1.54) is 24.9 Å². The third kappa shape index (κ3) is 3.10. The lowest BCUT2D eigenvalue weighted by Crippen LogP contribution is -2.50. The molecular formula is C15H19N7O. The Morgan fingerprint density at radius 3 is 2.78 bits per heavy atom. The molecule has 0 spiro atoms. The highest BCUT2D eigenvalue weighted by molar-refractivity contribution is 5.88. The van der Waals surface area contributed by atoms with Gasteiger partial charge in [-0.2, -0.15) is 5.10 Å². The van der Waals surface area contributed by atoms with Crippen molar-refractivity contribution in [1.29, 1.82) is 0 Å². The standard InChI is InChI=1S/C15H19N7O/c23-15(18-13-3-4-16-10-17-13)22-7-5-21(6-8-22)14-9-12(19-20-14)11-1-2-11/h3-4,9-11H,1-2,5-8H2,(H,19,20)(H,16,17,18,23). The van der Waals surface area contributed by atoms with E-state index in [9.17, 15) is 4.79 Å². The van der Waals surface area contributed by atoms with Crippen molar-refractivity contribution in [2.24, 2.45) is 0 Å². The van der Waals surface area contributed by atoms with Gasteiger partial charge < -0.3 is 9.80 Å². The van der Waals surface area contributed by atoms with Gasteiger partial charge in [0.05, 0.1) is 0 Å². The third-order valence-electron chi connectivity index (χ3n) is 4.31. The monoisotopic (exact) mass is 313 g/mol. The molecule has 0 bridgehead atoms. The Labute approximate surface area is 133 Å². The number of carbonyl (C=O) groups is 1. The number of piperazine rings is 1.